The van der Waals surface area contributed by atoms with E-state index in [1.165, 1.54) is 13.2 Å². The van der Waals surface area contributed by atoms with Gasteiger partial charge in [-0.2, -0.15) is 0 Å². The van der Waals surface area contributed by atoms with E-state index in [1.807, 2.05) is 24.0 Å². The van der Waals surface area contributed by atoms with Crippen molar-refractivity contribution in [3.05, 3.63) is 70.4 Å². The first-order valence-corrected chi connectivity index (χ1v) is 11.5. The Balaban J connectivity index is 1.31. The summed E-state index contributed by atoms with van der Waals surface area (Å²) in [7, 11) is 1.36. The Bertz CT molecular complexity index is 1190. The number of carbonyl (C=O) groups is 2. The van der Waals surface area contributed by atoms with Gasteiger partial charge in [0, 0.05) is 42.7 Å². The molecule has 34 heavy (non-hydrogen) atoms. The first-order chi connectivity index (χ1) is 16.4. The van der Waals surface area contributed by atoms with E-state index < -0.39 is 11.6 Å². The molecule has 8 heteroatoms. The highest BCUT2D eigenvalue weighted by Crippen LogP contribution is 2.28. The molecule has 0 bridgehead atoms. The number of hydrogen-bond donors (Lipinski definition) is 2. The smallest absolute Gasteiger partial charge is 0.337 e. The molecule has 2 aromatic carbocycles. The topological polar surface area (TPSA) is 74.4 Å². The summed E-state index contributed by atoms with van der Waals surface area (Å²) in [6.07, 6.45) is 2.69. The number of hydrogen-bond acceptors (Lipinski definition) is 4. The van der Waals surface area contributed by atoms with Crippen molar-refractivity contribution in [2.45, 2.75) is 45.2 Å². The Labute approximate surface area is 197 Å². The lowest BCUT2D eigenvalue weighted by atomic mass is 10.1. The SMILES string of the molecule is COC(=O)c1ccc(CNCC[C@H]2CCC(=O)N2CCc2c(C)[nH]c3c(F)cc(F)cc23)cc1. The molecule has 180 valence electrons. The summed E-state index contributed by atoms with van der Waals surface area (Å²) in [4.78, 5) is 28.9. The van der Waals surface area contributed by atoms with Crippen LogP contribution in [0.15, 0.2) is 36.4 Å². The van der Waals surface area contributed by atoms with E-state index >= 15 is 0 Å². The quantitative estimate of drug-likeness (QED) is 0.363. The van der Waals surface area contributed by atoms with Gasteiger partial charge in [-0.3, -0.25) is 4.79 Å². The van der Waals surface area contributed by atoms with Crippen LogP contribution in [0, 0.1) is 18.6 Å². The maximum Gasteiger partial charge on any atom is 0.337 e. The Kier molecular flexibility index (Phi) is 7.26. The molecule has 0 spiro atoms. The predicted octanol–water partition coefficient (Wildman–Crippen LogP) is 4.25. The zero-order valence-electron chi connectivity index (χ0n) is 19.4. The number of H-pyrrole nitrogens is 1. The van der Waals surface area contributed by atoms with Gasteiger partial charge in [-0.1, -0.05) is 12.1 Å². The second kappa shape index (κ2) is 10.3. The fourth-order valence-corrected chi connectivity index (χ4v) is 4.74. The number of nitrogens with zero attached hydrogens (tertiary/aromatic N) is 1. The van der Waals surface area contributed by atoms with Gasteiger partial charge in [-0.25, -0.2) is 13.6 Å². The molecule has 2 heterocycles. The van der Waals surface area contributed by atoms with Gasteiger partial charge in [0.25, 0.3) is 0 Å². The third-order valence-electron chi connectivity index (χ3n) is 6.56. The molecule has 0 unspecified atom stereocenters. The number of ether oxygens (including phenoxy) is 1. The van der Waals surface area contributed by atoms with E-state index in [2.05, 4.69) is 10.3 Å². The van der Waals surface area contributed by atoms with Crippen molar-refractivity contribution >= 4 is 22.8 Å². The molecule has 3 aromatic rings. The van der Waals surface area contributed by atoms with E-state index in [-0.39, 0.29) is 17.9 Å². The molecule has 1 aliphatic heterocycles. The summed E-state index contributed by atoms with van der Waals surface area (Å²) in [6.45, 7) is 3.77. The molecule has 0 aliphatic carbocycles. The lowest BCUT2D eigenvalue weighted by Gasteiger charge is -2.25. The summed E-state index contributed by atoms with van der Waals surface area (Å²) in [5, 5.41) is 3.94. The minimum atomic E-state index is -0.606. The average molecular weight is 470 g/mol. The van der Waals surface area contributed by atoms with Crippen molar-refractivity contribution in [2.24, 2.45) is 0 Å². The highest BCUT2D eigenvalue weighted by atomic mass is 19.1. The maximum absolute atomic E-state index is 14.1. The number of likely N-dealkylation sites (tertiary alicyclic amines) is 1. The van der Waals surface area contributed by atoms with Gasteiger partial charge in [0.1, 0.15) is 11.6 Å². The Morgan fingerprint density at radius 1 is 1.24 bits per heavy atom. The molecular weight excluding hydrogens is 440 g/mol. The van der Waals surface area contributed by atoms with Crippen LogP contribution in [0.2, 0.25) is 0 Å². The molecule has 1 fully saturated rings. The minimum Gasteiger partial charge on any atom is -0.465 e. The third kappa shape index (κ3) is 5.12. The molecule has 1 saturated heterocycles. The number of fused-ring (bicyclic) bond motifs is 1. The van der Waals surface area contributed by atoms with Crippen LogP contribution in [-0.4, -0.2) is 48.0 Å². The number of rotatable bonds is 9. The van der Waals surface area contributed by atoms with Crippen molar-refractivity contribution in [1.29, 1.82) is 0 Å². The first-order valence-electron chi connectivity index (χ1n) is 11.5. The van der Waals surface area contributed by atoms with Crippen LogP contribution in [0.1, 0.15) is 46.4 Å². The molecule has 0 saturated carbocycles. The number of halogens is 2. The van der Waals surface area contributed by atoms with Crippen LogP contribution in [0.4, 0.5) is 8.78 Å². The van der Waals surface area contributed by atoms with Gasteiger partial charge in [-0.05, 0) is 62.1 Å². The molecular formula is C26H29F2N3O3. The van der Waals surface area contributed by atoms with Crippen molar-refractivity contribution in [1.82, 2.24) is 15.2 Å². The van der Waals surface area contributed by atoms with E-state index in [1.54, 1.807) is 12.1 Å². The molecule has 4 rings (SSSR count). The number of nitrogens with one attached hydrogen (secondary N) is 2. The van der Waals surface area contributed by atoms with Gasteiger partial charge in [0.15, 0.2) is 0 Å². The van der Waals surface area contributed by atoms with Crippen LogP contribution in [0.25, 0.3) is 10.9 Å². The van der Waals surface area contributed by atoms with Crippen LogP contribution < -0.4 is 5.32 Å². The number of benzene rings is 2. The van der Waals surface area contributed by atoms with Crippen LogP contribution in [-0.2, 0) is 22.5 Å². The normalized spacial score (nSPS) is 15.9. The van der Waals surface area contributed by atoms with Crippen molar-refractivity contribution < 1.29 is 23.1 Å². The fraction of sp³-hybridized carbons (Fsp3) is 0.385. The van der Waals surface area contributed by atoms with E-state index in [0.29, 0.717) is 42.4 Å². The van der Waals surface area contributed by atoms with Crippen LogP contribution in [0.5, 0.6) is 0 Å². The number of carbonyl (C=O) groups excluding carboxylic acids is 2. The standard InChI is InChI=1S/C26H29F2N3O3/c1-16-21(22-13-19(27)14-23(28)25(22)30-16)10-12-31-20(7-8-24(31)32)9-11-29-15-17-3-5-18(6-4-17)26(33)34-2/h3-6,13-14,20,29-30H,7-12,15H2,1-2H3/t20-/m1/s1. The summed E-state index contributed by atoms with van der Waals surface area (Å²) >= 11 is 0. The van der Waals surface area contributed by atoms with Gasteiger partial charge >= 0.3 is 5.97 Å². The third-order valence-corrected chi connectivity index (χ3v) is 6.56. The number of esters is 1. The molecule has 2 N–H and O–H groups in total. The number of aromatic amines is 1. The van der Waals surface area contributed by atoms with Crippen LogP contribution in [0.3, 0.4) is 0 Å². The zero-order valence-corrected chi connectivity index (χ0v) is 19.4. The lowest BCUT2D eigenvalue weighted by molar-refractivity contribution is -0.129. The first kappa shape index (κ1) is 23.9. The monoisotopic (exact) mass is 469 g/mol. The molecule has 1 atom stereocenters. The molecule has 0 radical (unpaired) electrons. The lowest BCUT2D eigenvalue weighted by Crippen LogP contribution is -2.36. The maximum atomic E-state index is 14.1. The van der Waals surface area contributed by atoms with E-state index in [9.17, 15) is 18.4 Å². The second-order valence-corrected chi connectivity index (χ2v) is 8.72. The summed E-state index contributed by atoms with van der Waals surface area (Å²) in [6, 6.07) is 9.63. The summed E-state index contributed by atoms with van der Waals surface area (Å²) in [5.74, 6) is -1.45. The molecule has 1 amide bonds. The number of methoxy groups -OCH3 is 1. The largest absolute Gasteiger partial charge is 0.465 e. The Hall–Kier alpha value is -3.26. The fourth-order valence-electron chi connectivity index (χ4n) is 4.74. The van der Waals surface area contributed by atoms with E-state index in [0.717, 1.165) is 42.3 Å². The molecule has 6 nitrogen and oxygen atoms in total. The molecule has 1 aromatic heterocycles. The Morgan fingerprint density at radius 3 is 2.74 bits per heavy atom. The highest BCUT2D eigenvalue weighted by molar-refractivity contribution is 5.89. The highest BCUT2D eigenvalue weighted by Gasteiger charge is 2.30. The second-order valence-electron chi connectivity index (χ2n) is 8.72. The number of aryl methyl sites for hydroxylation is 1. The predicted molar refractivity (Wildman–Crippen MR) is 125 cm³/mol. The Morgan fingerprint density at radius 2 is 2.00 bits per heavy atom. The van der Waals surface area contributed by atoms with Gasteiger partial charge in [0.2, 0.25) is 5.91 Å². The van der Waals surface area contributed by atoms with Gasteiger partial charge < -0.3 is 19.9 Å². The number of amides is 1. The van der Waals surface area contributed by atoms with Gasteiger partial charge in [0.05, 0.1) is 18.2 Å². The summed E-state index contributed by atoms with van der Waals surface area (Å²) in [5.41, 5.74) is 3.52. The van der Waals surface area contributed by atoms with Gasteiger partial charge in [-0.15, -0.1) is 0 Å². The average Bonchev–Trinajstić information content (AvgIpc) is 3.33. The van der Waals surface area contributed by atoms with E-state index in [4.69, 9.17) is 4.74 Å². The van der Waals surface area contributed by atoms with Crippen LogP contribution >= 0.6 is 0 Å². The number of aromatic nitrogens is 1. The van der Waals surface area contributed by atoms with Crippen molar-refractivity contribution in [2.75, 3.05) is 20.2 Å². The van der Waals surface area contributed by atoms with Crippen molar-refractivity contribution in [3.63, 3.8) is 0 Å². The van der Waals surface area contributed by atoms with Crippen molar-refractivity contribution in [3.8, 4) is 0 Å². The zero-order chi connectivity index (χ0) is 24.2. The minimum absolute atomic E-state index is 0.123. The molecule has 1 aliphatic rings. The summed E-state index contributed by atoms with van der Waals surface area (Å²) < 4.78 is 32.6.